The summed E-state index contributed by atoms with van der Waals surface area (Å²) in [4.78, 5) is 6.21. The number of hydrogen-bond acceptors (Lipinski definition) is 4. The van der Waals surface area contributed by atoms with E-state index in [0.29, 0.717) is 6.20 Å². The van der Waals surface area contributed by atoms with Gasteiger partial charge in [0.05, 0.1) is 10.6 Å². The van der Waals surface area contributed by atoms with E-state index in [2.05, 4.69) is 32.8 Å². The highest BCUT2D eigenvalue weighted by atomic mass is 35.5. The lowest BCUT2D eigenvalue weighted by Crippen LogP contribution is -2.06. The monoisotopic (exact) mass is 280 g/mol. The SMILES string of the molecule is FC(F)(F)c1cnc(-c2nnc(S)[nH]2)c(Cl)c1. The van der Waals surface area contributed by atoms with E-state index in [1.165, 1.54) is 0 Å². The van der Waals surface area contributed by atoms with Crippen molar-refractivity contribution in [2.45, 2.75) is 11.3 Å². The van der Waals surface area contributed by atoms with Crippen LogP contribution in [0, 0.1) is 0 Å². The number of aromatic amines is 1. The first-order valence-electron chi connectivity index (χ1n) is 4.22. The molecule has 4 nitrogen and oxygen atoms in total. The maximum Gasteiger partial charge on any atom is 0.417 e. The minimum Gasteiger partial charge on any atom is -0.315 e. The fourth-order valence-electron chi connectivity index (χ4n) is 1.13. The average Bonchev–Trinajstić information content (AvgIpc) is 2.63. The molecule has 0 radical (unpaired) electrons. The van der Waals surface area contributed by atoms with E-state index in [0.717, 1.165) is 6.07 Å². The van der Waals surface area contributed by atoms with Crippen molar-refractivity contribution in [1.82, 2.24) is 20.2 Å². The highest BCUT2D eigenvalue weighted by molar-refractivity contribution is 7.80. The van der Waals surface area contributed by atoms with Crippen molar-refractivity contribution in [2.75, 3.05) is 0 Å². The molecule has 2 aromatic heterocycles. The van der Waals surface area contributed by atoms with Crippen LogP contribution in [0.15, 0.2) is 17.4 Å². The molecule has 0 fully saturated rings. The van der Waals surface area contributed by atoms with Gasteiger partial charge in [0.1, 0.15) is 5.69 Å². The van der Waals surface area contributed by atoms with Crippen LogP contribution in [0.5, 0.6) is 0 Å². The van der Waals surface area contributed by atoms with Gasteiger partial charge in [-0.15, -0.1) is 22.8 Å². The molecule has 0 saturated carbocycles. The average molecular weight is 281 g/mol. The molecule has 0 aliphatic rings. The summed E-state index contributed by atoms with van der Waals surface area (Å²) in [7, 11) is 0. The van der Waals surface area contributed by atoms with Crippen LogP contribution >= 0.6 is 24.2 Å². The Kier molecular flexibility index (Phi) is 3.00. The van der Waals surface area contributed by atoms with Crippen LogP contribution in [0.2, 0.25) is 5.02 Å². The summed E-state index contributed by atoms with van der Waals surface area (Å²) in [6.07, 6.45) is -3.80. The van der Waals surface area contributed by atoms with Gasteiger partial charge >= 0.3 is 6.18 Å². The highest BCUT2D eigenvalue weighted by Gasteiger charge is 2.31. The van der Waals surface area contributed by atoms with E-state index in [-0.39, 0.29) is 21.7 Å². The van der Waals surface area contributed by atoms with Gasteiger partial charge in [0.15, 0.2) is 11.0 Å². The third kappa shape index (κ3) is 2.52. The lowest BCUT2D eigenvalue weighted by molar-refractivity contribution is -0.137. The maximum absolute atomic E-state index is 12.4. The van der Waals surface area contributed by atoms with E-state index in [4.69, 9.17) is 11.6 Å². The Morgan fingerprint density at radius 2 is 2.00 bits per heavy atom. The fourth-order valence-corrected chi connectivity index (χ4v) is 1.53. The third-order valence-corrected chi connectivity index (χ3v) is 2.36. The van der Waals surface area contributed by atoms with E-state index in [1.54, 1.807) is 0 Å². The van der Waals surface area contributed by atoms with Gasteiger partial charge in [0.2, 0.25) is 0 Å². The zero-order chi connectivity index (χ0) is 12.6. The Morgan fingerprint density at radius 3 is 2.47 bits per heavy atom. The largest absolute Gasteiger partial charge is 0.417 e. The molecule has 0 saturated heterocycles. The summed E-state index contributed by atoms with van der Waals surface area (Å²) < 4.78 is 37.1. The van der Waals surface area contributed by atoms with Crippen LogP contribution in [-0.4, -0.2) is 20.2 Å². The number of pyridine rings is 1. The molecule has 0 atom stereocenters. The van der Waals surface area contributed by atoms with Crippen LogP contribution in [0.25, 0.3) is 11.5 Å². The van der Waals surface area contributed by atoms with Crippen molar-refractivity contribution >= 4 is 24.2 Å². The standard InChI is InChI=1S/C8H4ClF3N4S/c9-4-1-3(8(10,11)12)2-13-5(4)6-14-7(17)16-15-6/h1-2H,(H2,14,15,16,17). The predicted molar refractivity (Wildman–Crippen MR) is 56.9 cm³/mol. The maximum atomic E-state index is 12.4. The summed E-state index contributed by atoms with van der Waals surface area (Å²) in [5.74, 6) is 0.161. The molecule has 2 heterocycles. The summed E-state index contributed by atoms with van der Waals surface area (Å²) in [6, 6.07) is 0.782. The molecule has 0 bridgehead atoms. The number of nitrogens with zero attached hydrogens (tertiary/aromatic N) is 3. The smallest absolute Gasteiger partial charge is 0.315 e. The Bertz CT molecular complexity index is 554. The van der Waals surface area contributed by atoms with Gasteiger partial charge in [-0.05, 0) is 6.07 Å². The summed E-state index contributed by atoms with van der Waals surface area (Å²) >= 11 is 9.58. The van der Waals surface area contributed by atoms with Crippen LogP contribution in [-0.2, 0) is 6.18 Å². The van der Waals surface area contributed by atoms with Crippen molar-refractivity contribution in [3.63, 3.8) is 0 Å². The van der Waals surface area contributed by atoms with Gasteiger partial charge in [0, 0.05) is 6.20 Å². The molecule has 0 aliphatic heterocycles. The number of halogens is 4. The van der Waals surface area contributed by atoms with Gasteiger partial charge in [-0.25, -0.2) is 0 Å². The van der Waals surface area contributed by atoms with Crippen molar-refractivity contribution in [3.8, 4) is 11.5 Å². The number of nitrogens with one attached hydrogen (secondary N) is 1. The van der Waals surface area contributed by atoms with Gasteiger partial charge in [-0.3, -0.25) is 4.98 Å². The number of thiol groups is 1. The lowest BCUT2D eigenvalue weighted by atomic mass is 10.2. The number of H-pyrrole nitrogens is 1. The molecular weight excluding hydrogens is 277 g/mol. The van der Waals surface area contributed by atoms with E-state index < -0.39 is 11.7 Å². The second kappa shape index (κ2) is 4.19. The molecule has 0 unspecified atom stereocenters. The fraction of sp³-hybridized carbons (Fsp3) is 0.125. The zero-order valence-corrected chi connectivity index (χ0v) is 9.61. The molecule has 9 heteroatoms. The molecule has 17 heavy (non-hydrogen) atoms. The predicted octanol–water partition coefficient (Wildman–Crippen LogP) is 2.83. The van der Waals surface area contributed by atoms with Gasteiger partial charge in [-0.1, -0.05) is 11.6 Å². The Hall–Kier alpha value is -1.28. The molecule has 90 valence electrons. The molecule has 1 N–H and O–H groups in total. The first-order chi connectivity index (χ1) is 7.88. The van der Waals surface area contributed by atoms with Crippen molar-refractivity contribution in [1.29, 1.82) is 0 Å². The molecule has 2 rings (SSSR count). The van der Waals surface area contributed by atoms with Gasteiger partial charge in [0.25, 0.3) is 0 Å². The normalized spacial score (nSPS) is 11.8. The minimum absolute atomic E-state index is 0.0902. The number of rotatable bonds is 1. The molecule has 0 aromatic carbocycles. The Balaban J connectivity index is 2.45. The number of alkyl halides is 3. The number of aromatic nitrogens is 4. The molecule has 0 spiro atoms. The van der Waals surface area contributed by atoms with E-state index in [1.807, 2.05) is 0 Å². The molecular formula is C8H4ClF3N4S. The quantitative estimate of drug-likeness (QED) is 0.790. The number of hydrogen-bond donors (Lipinski definition) is 2. The zero-order valence-electron chi connectivity index (χ0n) is 7.96. The molecule has 2 aromatic rings. The van der Waals surface area contributed by atoms with Crippen LogP contribution in [0.3, 0.4) is 0 Å². The van der Waals surface area contributed by atoms with Crippen LogP contribution < -0.4 is 0 Å². The summed E-state index contributed by atoms with van der Waals surface area (Å²) in [5.41, 5.74) is -0.829. The van der Waals surface area contributed by atoms with E-state index in [9.17, 15) is 13.2 Å². The summed E-state index contributed by atoms with van der Waals surface area (Å²) in [6.45, 7) is 0. The first kappa shape index (κ1) is 12.2. The van der Waals surface area contributed by atoms with E-state index >= 15 is 0 Å². The summed E-state index contributed by atoms with van der Waals surface area (Å²) in [5, 5.41) is 7.23. The lowest BCUT2D eigenvalue weighted by Gasteiger charge is -2.07. The second-order valence-corrected chi connectivity index (χ2v) is 3.88. The first-order valence-corrected chi connectivity index (χ1v) is 5.05. The van der Waals surface area contributed by atoms with Gasteiger partial charge in [-0.2, -0.15) is 13.2 Å². The van der Waals surface area contributed by atoms with Crippen molar-refractivity contribution < 1.29 is 13.2 Å². The Morgan fingerprint density at radius 1 is 1.29 bits per heavy atom. The topological polar surface area (TPSA) is 54.5 Å². The molecule has 0 aliphatic carbocycles. The van der Waals surface area contributed by atoms with Crippen LogP contribution in [0.1, 0.15) is 5.56 Å². The highest BCUT2D eigenvalue weighted by Crippen LogP contribution is 2.33. The van der Waals surface area contributed by atoms with Crippen LogP contribution in [0.4, 0.5) is 13.2 Å². The van der Waals surface area contributed by atoms with Crippen molar-refractivity contribution in [2.24, 2.45) is 0 Å². The third-order valence-electron chi connectivity index (χ3n) is 1.87. The van der Waals surface area contributed by atoms with Crippen molar-refractivity contribution in [3.05, 3.63) is 22.8 Å². The second-order valence-electron chi connectivity index (χ2n) is 3.05. The van der Waals surface area contributed by atoms with Gasteiger partial charge < -0.3 is 4.98 Å². The molecule has 0 amide bonds. The minimum atomic E-state index is -4.48. The Labute approximate surface area is 104 Å².